The van der Waals surface area contributed by atoms with Crippen LogP contribution in [-0.4, -0.2) is 13.5 Å². The Bertz CT molecular complexity index is 702. The Hall–Kier alpha value is -1.15. The molecule has 0 bridgehead atoms. The molecule has 2 aromatic heterocycles. The summed E-state index contributed by atoms with van der Waals surface area (Å²) in [4.78, 5) is 1.02. The van der Waals surface area contributed by atoms with Crippen LogP contribution in [0.2, 0.25) is 0 Å². The molecule has 0 spiro atoms. The van der Waals surface area contributed by atoms with Gasteiger partial charge in [-0.05, 0) is 31.7 Å². The summed E-state index contributed by atoms with van der Waals surface area (Å²) in [6.07, 6.45) is 0.643. The van der Waals surface area contributed by atoms with E-state index in [0.29, 0.717) is 23.5 Å². The molecule has 0 aliphatic carbocycles. The average Bonchev–Trinajstić information content (AvgIpc) is 3.03. The molecule has 2 rings (SSSR count). The fourth-order valence-corrected chi connectivity index (χ4v) is 5.00. The summed E-state index contributed by atoms with van der Waals surface area (Å²) in [6, 6.07) is 3.52. The lowest BCUT2D eigenvalue weighted by Gasteiger charge is -2.16. The van der Waals surface area contributed by atoms with E-state index in [1.807, 2.05) is 24.4 Å². The van der Waals surface area contributed by atoms with Gasteiger partial charge < -0.3 is 9.52 Å². The van der Waals surface area contributed by atoms with Crippen molar-refractivity contribution in [3.05, 3.63) is 39.5 Å². The normalized spacial score (nSPS) is 13.5. The molecule has 0 aromatic carbocycles. The standard InChI is InChI=1S/C14H19NO4S2/c1-4-12(13-6-5-7-20-13)15-21(17,18)14-10(3)19-9(2)11(14)8-16/h5-7,12,15-16H,4,8H2,1-3H3. The van der Waals surface area contributed by atoms with Crippen molar-refractivity contribution in [2.75, 3.05) is 0 Å². The lowest BCUT2D eigenvalue weighted by molar-refractivity contribution is 0.276. The Balaban J connectivity index is 2.39. The van der Waals surface area contributed by atoms with Gasteiger partial charge in [0.25, 0.3) is 0 Å². The van der Waals surface area contributed by atoms with Crippen molar-refractivity contribution in [1.82, 2.24) is 4.72 Å². The molecule has 5 nitrogen and oxygen atoms in total. The topological polar surface area (TPSA) is 79.5 Å². The van der Waals surface area contributed by atoms with E-state index in [1.54, 1.807) is 13.8 Å². The Morgan fingerprint density at radius 1 is 1.38 bits per heavy atom. The van der Waals surface area contributed by atoms with Gasteiger partial charge in [0.05, 0.1) is 12.6 Å². The van der Waals surface area contributed by atoms with Crippen LogP contribution in [0.25, 0.3) is 0 Å². The van der Waals surface area contributed by atoms with Crippen LogP contribution in [0.1, 0.15) is 41.3 Å². The van der Waals surface area contributed by atoms with Crippen molar-refractivity contribution in [2.45, 2.75) is 44.7 Å². The summed E-state index contributed by atoms with van der Waals surface area (Å²) >= 11 is 1.51. The molecule has 116 valence electrons. The summed E-state index contributed by atoms with van der Waals surface area (Å²) < 4.78 is 33.3. The third-order valence-corrected chi connectivity index (χ3v) is 6.00. The molecule has 1 atom stereocenters. The van der Waals surface area contributed by atoms with Gasteiger partial charge in [-0.1, -0.05) is 13.0 Å². The maximum atomic E-state index is 12.6. The zero-order chi connectivity index (χ0) is 15.6. The summed E-state index contributed by atoms with van der Waals surface area (Å²) in [5.41, 5.74) is 0.320. The molecule has 0 saturated carbocycles. The molecule has 1 unspecified atom stereocenters. The van der Waals surface area contributed by atoms with Crippen LogP contribution in [0.15, 0.2) is 26.8 Å². The number of hydrogen-bond donors (Lipinski definition) is 2. The highest BCUT2D eigenvalue weighted by Crippen LogP contribution is 2.29. The smallest absolute Gasteiger partial charge is 0.244 e. The summed E-state index contributed by atoms with van der Waals surface area (Å²) in [6.45, 7) is 4.80. The van der Waals surface area contributed by atoms with Crippen LogP contribution in [0.3, 0.4) is 0 Å². The number of thiophene rings is 1. The zero-order valence-electron chi connectivity index (χ0n) is 12.2. The molecule has 2 N–H and O–H groups in total. The molecule has 0 amide bonds. The van der Waals surface area contributed by atoms with Crippen molar-refractivity contribution in [3.8, 4) is 0 Å². The molecule has 7 heteroatoms. The van der Waals surface area contributed by atoms with Gasteiger partial charge in [0, 0.05) is 10.4 Å². The molecular weight excluding hydrogens is 310 g/mol. The lowest BCUT2D eigenvalue weighted by atomic mass is 10.2. The first-order valence-corrected chi connectivity index (χ1v) is 9.02. The molecular formula is C14H19NO4S2. The highest BCUT2D eigenvalue weighted by molar-refractivity contribution is 7.89. The molecule has 0 radical (unpaired) electrons. The molecule has 0 saturated heterocycles. The molecule has 2 heterocycles. The van der Waals surface area contributed by atoms with Gasteiger partial charge in [0.15, 0.2) is 0 Å². The highest BCUT2D eigenvalue weighted by atomic mass is 32.2. The maximum Gasteiger partial charge on any atom is 0.244 e. The SMILES string of the molecule is CCC(NS(=O)(=O)c1c(C)oc(C)c1CO)c1cccs1. The first-order chi connectivity index (χ1) is 9.90. The third-order valence-electron chi connectivity index (χ3n) is 3.34. The number of aliphatic hydroxyl groups excluding tert-OH is 1. The minimum Gasteiger partial charge on any atom is -0.465 e. The first-order valence-electron chi connectivity index (χ1n) is 6.66. The fourth-order valence-electron chi connectivity index (χ4n) is 2.32. The second-order valence-electron chi connectivity index (χ2n) is 4.78. The molecule has 2 aromatic rings. The van der Waals surface area contributed by atoms with Crippen molar-refractivity contribution in [2.24, 2.45) is 0 Å². The van der Waals surface area contributed by atoms with E-state index in [4.69, 9.17) is 4.42 Å². The maximum absolute atomic E-state index is 12.6. The Morgan fingerprint density at radius 2 is 2.10 bits per heavy atom. The predicted octanol–water partition coefficient (Wildman–Crippen LogP) is 2.88. The largest absolute Gasteiger partial charge is 0.465 e. The lowest BCUT2D eigenvalue weighted by Crippen LogP contribution is -2.28. The Labute approximate surface area is 128 Å². The van der Waals surface area contributed by atoms with Gasteiger partial charge >= 0.3 is 0 Å². The summed E-state index contributed by atoms with van der Waals surface area (Å²) in [5.74, 6) is 0.727. The number of furan rings is 1. The van der Waals surface area contributed by atoms with E-state index >= 15 is 0 Å². The molecule has 0 fully saturated rings. The number of aliphatic hydroxyl groups is 1. The predicted molar refractivity (Wildman–Crippen MR) is 81.8 cm³/mol. The van der Waals surface area contributed by atoms with Crippen molar-refractivity contribution in [1.29, 1.82) is 0 Å². The second-order valence-corrected chi connectivity index (χ2v) is 7.41. The summed E-state index contributed by atoms with van der Waals surface area (Å²) in [5, 5.41) is 11.3. The van der Waals surface area contributed by atoms with Gasteiger partial charge in [-0.2, -0.15) is 0 Å². The van der Waals surface area contributed by atoms with Crippen molar-refractivity contribution in [3.63, 3.8) is 0 Å². The quantitative estimate of drug-likeness (QED) is 0.854. The van der Waals surface area contributed by atoms with Crippen molar-refractivity contribution >= 4 is 21.4 Å². The van der Waals surface area contributed by atoms with Gasteiger partial charge in [-0.25, -0.2) is 13.1 Å². The molecule has 0 aliphatic rings. The van der Waals surface area contributed by atoms with E-state index in [-0.39, 0.29) is 17.5 Å². The van der Waals surface area contributed by atoms with E-state index < -0.39 is 10.0 Å². The number of aryl methyl sites for hydroxylation is 2. The summed E-state index contributed by atoms with van der Waals surface area (Å²) in [7, 11) is -3.75. The third kappa shape index (κ3) is 3.21. The van der Waals surface area contributed by atoms with Crippen LogP contribution in [-0.2, 0) is 16.6 Å². The van der Waals surface area contributed by atoms with E-state index in [0.717, 1.165) is 4.88 Å². The van der Waals surface area contributed by atoms with E-state index in [2.05, 4.69) is 4.72 Å². The van der Waals surface area contributed by atoms with Crippen LogP contribution in [0, 0.1) is 13.8 Å². The van der Waals surface area contributed by atoms with E-state index in [1.165, 1.54) is 11.3 Å². The van der Waals surface area contributed by atoms with Crippen LogP contribution >= 0.6 is 11.3 Å². The van der Waals surface area contributed by atoms with Crippen LogP contribution in [0.4, 0.5) is 0 Å². The molecule has 0 aliphatic heterocycles. The van der Waals surface area contributed by atoms with E-state index in [9.17, 15) is 13.5 Å². The number of rotatable bonds is 6. The van der Waals surface area contributed by atoms with Crippen molar-refractivity contribution < 1.29 is 17.9 Å². The molecule has 21 heavy (non-hydrogen) atoms. The number of sulfonamides is 1. The highest BCUT2D eigenvalue weighted by Gasteiger charge is 2.29. The van der Waals surface area contributed by atoms with Gasteiger partial charge in [0.1, 0.15) is 16.4 Å². The minimum atomic E-state index is -3.75. The van der Waals surface area contributed by atoms with Gasteiger partial charge in [-0.15, -0.1) is 11.3 Å². The first kappa shape index (κ1) is 16.2. The zero-order valence-corrected chi connectivity index (χ0v) is 13.8. The number of nitrogens with one attached hydrogen (secondary N) is 1. The second kappa shape index (κ2) is 6.31. The number of hydrogen-bond acceptors (Lipinski definition) is 5. The average molecular weight is 329 g/mol. The Kier molecular flexibility index (Phi) is 4.88. The van der Waals surface area contributed by atoms with Crippen LogP contribution in [0.5, 0.6) is 0 Å². The van der Waals surface area contributed by atoms with Gasteiger partial charge in [0.2, 0.25) is 10.0 Å². The Morgan fingerprint density at radius 3 is 2.62 bits per heavy atom. The fraction of sp³-hybridized carbons (Fsp3) is 0.429. The van der Waals surface area contributed by atoms with Gasteiger partial charge in [-0.3, -0.25) is 0 Å². The minimum absolute atomic E-state index is 0.0532. The monoisotopic (exact) mass is 329 g/mol. The van der Waals surface area contributed by atoms with Crippen LogP contribution < -0.4 is 4.72 Å².